The van der Waals surface area contributed by atoms with E-state index in [1.165, 1.54) is 6.33 Å². The second-order valence-electron chi connectivity index (χ2n) is 5.16. The topological polar surface area (TPSA) is 73.0 Å². The van der Waals surface area contributed by atoms with Gasteiger partial charge in [-0.2, -0.15) is 5.10 Å². The molecule has 0 aliphatic rings. The monoisotopic (exact) mass is 310 g/mol. The van der Waals surface area contributed by atoms with Crippen molar-refractivity contribution >= 4 is 5.91 Å². The fourth-order valence-corrected chi connectivity index (χ4v) is 2.33. The fraction of sp³-hybridized carbons (Fsp3) is 0.235. The molecular formula is C17H18N4O2. The van der Waals surface area contributed by atoms with Gasteiger partial charge in [-0.15, -0.1) is 0 Å². The van der Waals surface area contributed by atoms with E-state index >= 15 is 0 Å². The standard InChI is InChI=1S/C17H18N4O2/c1-2-15-7-8-16(23-15)17(22)19-9-13-5-3-4-6-14(13)10-21-12-18-11-20-21/h3-8,11-12H,2,9-10H2,1H3,(H,19,22). The van der Waals surface area contributed by atoms with Crippen molar-refractivity contribution in [2.24, 2.45) is 0 Å². The first-order valence-electron chi connectivity index (χ1n) is 7.52. The van der Waals surface area contributed by atoms with E-state index in [-0.39, 0.29) is 5.91 Å². The number of hydrogen-bond acceptors (Lipinski definition) is 4. The Morgan fingerprint density at radius 1 is 1.22 bits per heavy atom. The number of carbonyl (C=O) groups is 1. The Kier molecular flexibility index (Phi) is 4.52. The van der Waals surface area contributed by atoms with Gasteiger partial charge in [0.1, 0.15) is 18.4 Å². The zero-order valence-corrected chi connectivity index (χ0v) is 12.9. The lowest BCUT2D eigenvalue weighted by molar-refractivity contribution is 0.0921. The molecule has 1 amide bonds. The van der Waals surface area contributed by atoms with Crippen LogP contribution in [0.15, 0.2) is 53.5 Å². The third-order valence-corrected chi connectivity index (χ3v) is 3.59. The van der Waals surface area contributed by atoms with Crippen LogP contribution in [0.1, 0.15) is 34.4 Å². The molecule has 0 saturated heterocycles. The zero-order chi connectivity index (χ0) is 16.1. The predicted octanol–water partition coefficient (Wildman–Crippen LogP) is 2.41. The van der Waals surface area contributed by atoms with Crippen molar-refractivity contribution in [2.75, 3.05) is 0 Å². The normalized spacial score (nSPS) is 10.7. The van der Waals surface area contributed by atoms with Gasteiger partial charge in [0.15, 0.2) is 5.76 Å². The number of hydrogen-bond donors (Lipinski definition) is 1. The molecule has 2 heterocycles. The second-order valence-corrected chi connectivity index (χ2v) is 5.16. The zero-order valence-electron chi connectivity index (χ0n) is 12.9. The van der Waals surface area contributed by atoms with E-state index < -0.39 is 0 Å². The Bertz CT molecular complexity index is 778. The summed E-state index contributed by atoms with van der Waals surface area (Å²) in [7, 11) is 0. The lowest BCUT2D eigenvalue weighted by Crippen LogP contribution is -2.23. The van der Waals surface area contributed by atoms with Crippen LogP contribution >= 0.6 is 0 Å². The highest BCUT2D eigenvalue weighted by atomic mass is 16.3. The van der Waals surface area contributed by atoms with Crippen LogP contribution in [-0.2, 0) is 19.5 Å². The van der Waals surface area contributed by atoms with Crippen molar-refractivity contribution < 1.29 is 9.21 Å². The van der Waals surface area contributed by atoms with Crippen molar-refractivity contribution in [1.82, 2.24) is 20.1 Å². The summed E-state index contributed by atoms with van der Waals surface area (Å²) in [5, 5.41) is 7.01. The van der Waals surface area contributed by atoms with Gasteiger partial charge >= 0.3 is 0 Å². The maximum Gasteiger partial charge on any atom is 0.287 e. The molecule has 0 atom stereocenters. The van der Waals surface area contributed by atoms with Crippen molar-refractivity contribution in [3.05, 3.63) is 71.7 Å². The Hall–Kier alpha value is -2.89. The van der Waals surface area contributed by atoms with Gasteiger partial charge in [-0.3, -0.25) is 4.79 Å². The summed E-state index contributed by atoms with van der Waals surface area (Å²) in [6.45, 7) is 3.04. The van der Waals surface area contributed by atoms with Crippen molar-refractivity contribution in [3.8, 4) is 0 Å². The van der Waals surface area contributed by atoms with E-state index in [1.807, 2.05) is 37.3 Å². The molecule has 0 bridgehead atoms. The third kappa shape index (κ3) is 3.66. The number of furan rings is 1. The molecule has 118 valence electrons. The van der Waals surface area contributed by atoms with Crippen LogP contribution in [0.5, 0.6) is 0 Å². The average molecular weight is 310 g/mol. The average Bonchev–Trinajstić information content (AvgIpc) is 3.25. The summed E-state index contributed by atoms with van der Waals surface area (Å²) in [6, 6.07) is 11.5. The molecule has 1 aromatic carbocycles. The number of amides is 1. The number of aromatic nitrogens is 3. The molecule has 6 heteroatoms. The number of rotatable bonds is 6. The molecule has 3 aromatic rings. The highest BCUT2D eigenvalue weighted by Crippen LogP contribution is 2.12. The first kappa shape index (κ1) is 15.0. The summed E-state index contributed by atoms with van der Waals surface area (Å²) in [5.74, 6) is 0.942. The smallest absolute Gasteiger partial charge is 0.287 e. The lowest BCUT2D eigenvalue weighted by atomic mass is 10.1. The Morgan fingerprint density at radius 2 is 2.04 bits per heavy atom. The molecule has 0 radical (unpaired) electrons. The van der Waals surface area contributed by atoms with Crippen LogP contribution in [-0.4, -0.2) is 20.7 Å². The molecule has 0 fully saturated rings. The molecule has 2 aromatic heterocycles. The van der Waals surface area contributed by atoms with Crippen LogP contribution in [0.3, 0.4) is 0 Å². The molecule has 23 heavy (non-hydrogen) atoms. The Morgan fingerprint density at radius 3 is 2.74 bits per heavy atom. The number of nitrogens with zero attached hydrogens (tertiary/aromatic N) is 3. The van der Waals surface area contributed by atoms with Crippen LogP contribution in [0.4, 0.5) is 0 Å². The SMILES string of the molecule is CCc1ccc(C(=O)NCc2ccccc2Cn2cncn2)o1. The maximum absolute atomic E-state index is 12.1. The Balaban J connectivity index is 1.67. The van der Waals surface area contributed by atoms with E-state index in [1.54, 1.807) is 17.1 Å². The van der Waals surface area contributed by atoms with Gasteiger partial charge in [-0.25, -0.2) is 9.67 Å². The molecule has 0 aliphatic heterocycles. The van der Waals surface area contributed by atoms with E-state index in [2.05, 4.69) is 15.4 Å². The minimum atomic E-state index is -0.208. The molecule has 1 N–H and O–H groups in total. The van der Waals surface area contributed by atoms with Crippen molar-refractivity contribution in [1.29, 1.82) is 0 Å². The van der Waals surface area contributed by atoms with Gasteiger partial charge in [-0.05, 0) is 23.3 Å². The van der Waals surface area contributed by atoms with E-state index in [4.69, 9.17) is 4.42 Å². The highest BCUT2D eigenvalue weighted by molar-refractivity contribution is 5.91. The predicted molar refractivity (Wildman–Crippen MR) is 84.8 cm³/mol. The van der Waals surface area contributed by atoms with Crippen molar-refractivity contribution in [2.45, 2.75) is 26.4 Å². The van der Waals surface area contributed by atoms with E-state index in [9.17, 15) is 4.79 Å². The van der Waals surface area contributed by atoms with Gasteiger partial charge in [0.2, 0.25) is 0 Å². The largest absolute Gasteiger partial charge is 0.456 e. The Labute approximate surface area is 134 Å². The molecule has 0 spiro atoms. The minimum Gasteiger partial charge on any atom is -0.456 e. The van der Waals surface area contributed by atoms with Crippen LogP contribution in [0.2, 0.25) is 0 Å². The number of aryl methyl sites for hydroxylation is 1. The highest BCUT2D eigenvalue weighted by Gasteiger charge is 2.11. The quantitative estimate of drug-likeness (QED) is 0.759. The number of benzene rings is 1. The van der Waals surface area contributed by atoms with E-state index in [0.29, 0.717) is 18.8 Å². The summed E-state index contributed by atoms with van der Waals surface area (Å²) < 4.78 is 7.21. The van der Waals surface area contributed by atoms with Crippen LogP contribution in [0.25, 0.3) is 0 Å². The molecule has 3 rings (SSSR count). The van der Waals surface area contributed by atoms with Gasteiger partial charge in [-0.1, -0.05) is 31.2 Å². The van der Waals surface area contributed by atoms with E-state index in [0.717, 1.165) is 23.3 Å². The van der Waals surface area contributed by atoms with Crippen molar-refractivity contribution in [3.63, 3.8) is 0 Å². The van der Waals surface area contributed by atoms with Crippen LogP contribution in [0, 0.1) is 0 Å². The first-order chi connectivity index (χ1) is 11.3. The van der Waals surface area contributed by atoms with Gasteiger partial charge in [0.05, 0.1) is 6.54 Å². The van der Waals surface area contributed by atoms with Gasteiger partial charge in [0, 0.05) is 13.0 Å². The van der Waals surface area contributed by atoms with Crippen LogP contribution < -0.4 is 5.32 Å². The number of nitrogens with one attached hydrogen (secondary N) is 1. The molecule has 0 unspecified atom stereocenters. The third-order valence-electron chi connectivity index (χ3n) is 3.59. The second kappa shape index (κ2) is 6.91. The summed E-state index contributed by atoms with van der Waals surface area (Å²) in [6.07, 6.45) is 3.95. The molecule has 0 saturated carbocycles. The van der Waals surface area contributed by atoms with Gasteiger partial charge in [0.25, 0.3) is 5.91 Å². The maximum atomic E-state index is 12.1. The lowest BCUT2D eigenvalue weighted by Gasteiger charge is -2.10. The summed E-state index contributed by atoms with van der Waals surface area (Å²) in [4.78, 5) is 16.1. The molecule has 0 aliphatic carbocycles. The molecule has 6 nitrogen and oxygen atoms in total. The molecular weight excluding hydrogens is 292 g/mol. The minimum absolute atomic E-state index is 0.208. The summed E-state index contributed by atoms with van der Waals surface area (Å²) >= 11 is 0. The fourth-order valence-electron chi connectivity index (χ4n) is 2.33. The first-order valence-corrected chi connectivity index (χ1v) is 7.52. The van der Waals surface area contributed by atoms with Gasteiger partial charge < -0.3 is 9.73 Å². The number of carbonyl (C=O) groups excluding carboxylic acids is 1. The summed E-state index contributed by atoms with van der Waals surface area (Å²) in [5.41, 5.74) is 2.13.